The van der Waals surface area contributed by atoms with Gasteiger partial charge in [0.15, 0.2) is 0 Å². The maximum Gasteiger partial charge on any atom is 0.320 e. The number of hydrogen-bond acceptors (Lipinski definition) is 3. The van der Waals surface area contributed by atoms with Crippen molar-refractivity contribution >= 4 is 11.8 Å². The molecule has 0 aromatic rings. The first-order valence-corrected chi connectivity index (χ1v) is 2.99. The fourth-order valence-corrected chi connectivity index (χ4v) is 0.384. The topological polar surface area (TPSA) is 66.4 Å². The zero-order chi connectivity index (χ0) is 8.15. The largest absolute Gasteiger partial charge is 0.480 e. The zero-order valence-corrected chi connectivity index (χ0v) is 6.05. The molecule has 0 fully saturated rings. The molecule has 0 heterocycles. The van der Waals surface area contributed by atoms with Crippen LogP contribution in [-0.4, -0.2) is 29.4 Å². The van der Waals surface area contributed by atoms with Crippen LogP contribution in [0.1, 0.15) is 13.8 Å². The second kappa shape index (κ2) is 4.00. The van der Waals surface area contributed by atoms with Crippen LogP contribution in [0.2, 0.25) is 0 Å². The van der Waals surface area contributed by atoms with Crippen LogP contribution in [0.15, 0.2) is 0 Å². The number of Topliss-reactive ketones (excluding diaryl/α,β-unsaturated/α-hetero) is 1. The van der Waals surface area contributed by atoms with E-state index in [2.05, 4.69) is 5.32 Å². The Hall–Kier alpha value is -0.900. The van der Waals surface area contributed by atoms with Gasteiger partial charge in [-0.3, -0.25) is 14.9 Å². The van der Waals surface area contributed by atoms with Crippen molar-refractivity contribution in [1.82, 2.24) is 5.32 Å². The summed E-state index contributed by atoms with van der Waals surface area (Å²) in [7, 11) is 0. The summed E-state index contributed by atoms with van der Waals surface area (Å²) < 4.78 is 0. The van der Waals surface area contributed by atoms with Gasteiger partial charge in [0, 0.05) is 0 Å². The van der Waals surface area contributed by atoms with E-state index in [-0.39, 0.29) is 12.3 Å². The lowest BCUT2D eigenvalue weighted by Crippen LogP contribution is -2.36. The van der Waals surface area contributed by atoms with E-state index in [0.717, 1.165) is 0 Å². The smallest absolute Gasteiger partial charge is 0.320 e. The zero-order valence-electron chi connectivity index (χ0n) is 6.05. The van der Waals surface area contributed by atoms with Crippen LogP contribution in [0.3, 0.4) is 0 Å². The Morgan fingerprint density at radius 3 is 2.40 bits per heavy atom. The molecule has 0 saturated carbocycles. The molecule has 10 heavy (non-hydrogen) atoms. The molecule has 58 valence electrons. The molecule has 0 amide bonds. The number of carbonyl (C=O) groups is 2. The number of carbonyl (C=O) groups excluding carboxylic acids is 1. The molecular formula is C6H11NO3. The molecule has 4 nitrogen and oxygen atoms in total. The molecule has 0 aliphatic heterocycles. The minimum atomic E-state index is -0.943. The second-order valence-electron chi connectivity index (χ2n) is 2.14. The van der Waals surface area contributed by atoms with Crippen LogP contribution >= 0.6 is 0 Å². The van der Waals surface area contributed by atoms with E-state index in [4.69, 9.17) is 5.11 Å². The van der Waals surface area contributed by atoms with Crippen LogP contribution < -0.4 is 5.32 Å². The van der Waals surface area contributed by atoms with Crippen molar-refractivity contribution in [2.24, 2.45) is 0 Å². The van der Waals surface area contributed by atoms with Gasteiger partial charge in [0.2, 0.25) is 0 Å². The van der Waals surface area contributed by atoms with Crippen LogP contribution in [0.4, 0.5) is 0 Å². The predicted molar refractivity (Wildman–Crippen MR) is 35.8 cm³/mol. The van der Waals surface area contributed by atoms with Crippen LogP contribution in [0.5, 0.6) is 0 Å². The average Bonchev–Trinajstić information content (AvgIpc) is 1.82. The lowest BCUT2D eigenvalue weighted by Gasteiger charge is -2.05. The van der Waals surface area contributed by atoms with Crippen molar-refractivity contribution < 1.29 is 14.7 Å². The Kier molecular flexibility index (Phi) is 3.64. The molecular weight excluding hydrogens is 134 g/mol. The number of rotatable bonds is 4. The third-order valence-corrected chi connectivity index (χ3v) is 1.03. The third kappa shape index (κ3) is 4.03. The number of ketones is 1. The quantitative estimate of drug-likeness (QED) is 0.566. The van der Waals surface area contributed by atoms with Crippen molar-refractivity contribution in [3.8, 4) is 0 Å². The van der Waals surface area contributed by atoms with E-state index in [1.807, 2.05) is 0 Å². The fraction of sp³-hybridized carbons (Fsp3) is 0.667. The van der Waals surface area contributed by atoms with Crippen molar-refractivity contribution in [1.29, 1.82) is 0 Å². The normalized spacial score (nSPS) is 12.6. The van der Waals surface area contributed by atoms with Gasteiger partial charge in [-0.15, -0.1) is 0 Å². The van der Waals surface area contributed by atoms with E-state index < -0.39 is 12.0 Å². The second-order valence-corrected chi connectivity index (χ2v) is 2.14. The summed E-state index contributed by atoms with van der Waals surface area (Å²) >= 11 is 0. The molecule has 0 saturated heterocycles. The molecule has 0 aromatic carbocycles. The highest BCUT2D eigenvalue weighted by atomic mass is 16.4. The summed E-state index contributed by atoms with van der Waals surface area (Å²) in [5.74, 6) is -1.01. The lowest BCUT2D eigenvalue weighted by atomic mass is 10.3. The number of nitrogens with one attached hydrogen (secondary N) is 1. The van der Waals surface area contributed by atoms with Gasteiger partial charge in [-0.2, -0.15) is 0 Å². The first-order valence-electron chi connectivity index (χ1n) is 2.99. The molecule has 4 heteroatoms. The molecule has 0 bridgehead atoms. The van der Waals surface area contributed by atoms with Gasteiger partial charge in [-0.25, -0.2) is 0 Å². The van der Waals surface area contributed by atoms with E-state index in [9.17, 15) is 9.59 Å². The van der Waals surface area contributed by atoms with Crippen LogP contribution in [0.25, 0.3) is 0 Å². The molecule has 0 aromatic heterocycles. The summed E-state index contributed by atoms with van der Waals surface area (Å²) in [5.41, 5.74) is 0. The minimum absolute atomic E-state index is 0.0619. The first kappa shape index (κ1) is 9.10. The van der Waals surface area contributed by atoms with Gasteiger partial charge in [-0.05, 0) is 13.8 Å². The van der Waals surface area contributed by atoms with Crippen molar-refractivity contribution in [2.45, 2.75) is 19.9 Å². The summed E-state index contributed by atoms with van der Waals surface area (Å²) in [6.45, 7) is 3.01. The molecule has 0 unspecified atom stereocenters. The summed E-state index contributed by atoms with van der Waals surface area (Å²) in [6, 6.07) is -0.649. The average molecular weight is 145 g/mol. The van der Waals surface area contributed by atoms with Crippen LogP contribution in [0, 0.1) is 0 Å². The van der Waals surface area contributed by atoms with E-state index in [0.29, 0.717) is 0 Å². The van der Waals surface area contributed by atoms with Gasteiger partial charge in [-0.1, -0.05) is 0 Å². The van der Waals surface area contributed by atoms with E-state index >= 15 is 0 Å². The number of carboxylic acid groups (broad SMARTS) is 1. The number of hydrogen-bond donors (Lipinski definition) is 2. The Balaban J connectivity index is 3.49. The highest BCUT2D eigenvalue weighted by molar-refractivity contribution is 5.79. The van der Waals surface area contributed by atoms with Gasteiger partial charge in [0.25, 0.3) is 0 Å². The molecule has 0 aliphatic carbocycles. The monoisotopic (exact) mass is 145 g/mol. The van der Waals surface area contributed by atoms with Gasteiger partial charge in [0.1, 0.15) is 11.8 Å². The van der Waals surface area contributed by atoms with Gasteiger partial charge < -0.3 is 5.11 Å². The van der Waals surface area contributed by atoms with Crippen LogP contribution in [-0.2, 0) is 9.59 Å². The molecule has 0 spiro atoms. The van der Waals surface area contributed by atoms with E-state index in [1.54, 1.807) is 0 Å². The molecule has 1 atom stereocenters. The Labute approximate surface area is 59.2 Å². The summed E-state index contributed by atoms with van der Waals surface area (Å²) in [6.07, 6.45) is 0. The lowest BCUT2D eigenvalue weighted by molar-refractivity contribution is -0.139. The Morgan fingerprint density at radius 1 is 1.60 bits per heavy atom. The van der Waals surface area contributed by atoms with Crippen molar-refractivity contribution in [2.75, 3.05) is 6.54 Å². The maximum absolute atomic E-state index is 10.3. The van der Waals surface area contributed by atoms with Gasteiger partial charge >= 0.3 is 5.97 Å². The molecule has 0 rings (SSSR count). The standard InChI is InChI=1S/C6H11NO3/c1-4(8)3-7-5(2)6(9)10/h5,7H,3H2,1-2H3,(H,9,10)/t5-/m0/s1. The number of carboxylic acids is 1. The van der Waals surface area contributed by atoms with Gasteiger partial charge in [0.05, 0.1) is 6.54 Å². The third-order valence-electron chi connectivity index (χ3n) is 1.03. The summed E-state index contributed by atoms with van der Waals surface area (Å²) in [4.78, 5) is 20.5. The fourth-order valence-electron chi connectivity index (χ4n) is 0.384. The Morgan fingerprint density at radius 2 is 2.10 bits per heavy atom. The first-order chi connectivity index (χ1) is 4.54. The minimum Gasteiger partial charge on any atom is -0.480 e. The molecule has 2 N–H and O–H groups in total. The maximum atomic E-state index is 10.3. The highest BCUT2D eigenvalue weighted by Gasteiger charge is 2.09. The van der Waals surface area contributed by atoms with Crippen molar-refractivity contribution in [3.63, 3.8) is 0 Å². The highest BCUT2D eigenvalue weighted by Crippen LogP contribution is 1.79. The predicted octanol–water partition coefficient (Wildman–Crippen LogP) is -0.362. The van der Waals surface area contributed by atoms with Crippen molar-refractivity contribution in [3.05, 3.63) is 0 Å². The Bertz CT molecular complexity index is 144. The van der Waals surface area contributed by atoms with E-state index in [1.165, 1.54) is 13.8 Å². The molecule has 0 aliphatic rings. The number of aliphatic carboxylic acids is 1. The SMILES string of the molecule is CC(=O)CN[C@@H](C)C(=O)O. The molecule has 0 radical (unpaired) electrons. The summed E-state index contributed by atoms with van der Waals surface area (Å²) in [5, 5.41) is 10.9.